The van der Waals surface area contributed by atoms with Crippen LogP contribution < -0.4 is 4.74 Å². The minimum atomic E-state index is -0.355. The zero-order chi connectivity index (χ0) is 22.4. The molecule has 0 fully saturated rings. The highest BCUT2D eigenvalue weighted by Crippen LogP contribution is 2.27. The highest BCUT2D eigenvalue weighted by atomic mass is 16.5. The second kappa shape index (κ2) is 10.4. The van der Waals surface area contributed by atoms with Crippen molar-refractivity contribution in [3.63, 3.8) is 0 Å². The highest BCUT2D eigenvalue weighted by Gasteiger charge is 2.34. The van der Waals surface area contributed by atoms with Gasteiger partial charge in [0, 0.05) is 43.6 Å². The molecule has 30 heavy (non-hydrogen) atoms. The number of ether oxygens (including phenoxy) is 1. The normalized spacial score (nSPS) is 19.7. The van der Waals surface area contributed by atoms with Gasteiger partial charge in [0.1, 0.15) is 11.7 Å². The quantitative estimate of drug-likeness (QED) is 0.746. The van der Waals surface area contributed by atoms with Crippen LogP contribution in [0.15, 0.2) is 12.3 Å². The summed E-state index contributed by atoms with van der Waals surface area (Å²) in [6.07, 6.45) is 1.67. The maximum atomic E-state index is 13.3. The topological polar surface area (TPSA) is 83.0 Å². The number of carbonyl (C=O) groups excluding carboxylic acids is 2. The molecule has 0 aromatic carbocycles. The fraction of sp³-hybridized carbons (Fsp3) is 0.609. The van der Waals surface area contributed by atoms with Crippen LogP contribution in [-0.2, 0) is 4.79 Å². The number of fused-ring (bicyclic) bond motifs is 1. The average molecular weight is 416 g/mol. The predicted octanol–water partition coefficient (Wildman–Crippen LogP) is 2.18. The number of likely N-dealkylation sites (N-methyl/N-ethyl adjacent to an activating group) is 1. The molecular weight excluding hydrogens is 382 g/mol. The molecule has 7 nitrogen and oxygen atoms in total. The fourth-order valence-corrected chi connectivity index (χ4v) is 3.26. The summed E-state index contributed by atoms with van der Waals surface area (Å²) >= 11 is 0. The van der Waals surface area contributed by atoms with Gasteiger partial charge >= 0.3 is 0 Å². The molecular formula is C23H33N3O4. The molecule has 3 atom stereocenters. The Morgan fingerprint density at radius 2 is 2.13 bits per heavy atom. The molecule has 0 unspecified atom stereocenters. The first kappa shape index (κ1) is 23.7. The summed E-state index contributed by atoms with van der Waals surface area (Å²) in [5, 5.41) is 9.70. The second-order valence-corrected chi connectivity index (χ2v) is 8.25. The van der Waals surface area contributed by atoms with E-state index in [9.17, 15) is 14.7 Å². The molecule has 1 aliphatic rings. The number of aliphatic hydroxyl groups excluding tert-OH is 1. The van der Waals surface area contributed by atoms with Crippen LogP contribution in [0.4, 0.5) is 0 Å². The van der Waals surface area contributed by atoms with Gasteiger partial charge < -0.3 is 19.6 Å². The summed E-state index contributed by atoms with van der Waals surface area (Å²) in [5.74, 6) is 6.27. The Morgan fingerprint density at radius 1 is 1.43 bits per heavy atom. The molecule has 7 heteroatoms. The van der Waals surface area contributed by atoms with E-state index < -0.39 is 0 Å². The number of hydrogen-bond acceptors (Lipinski definition) is 5. The van der Waals surface area contributed by atoms with E-state index >= 15 is 0 Å². The lowest BCUT2D eigenvalue weighted by atomic mass is 9.99. The number of carbonyl (C=O) groups is 2. The van der Waals surface area contributed by atoms with Gasteiger partial charge in [0.25, 0.3) is 5.91 Å². The summed E-state index contributed by atoms with van der Waals surface area (Å²) in [7, 11) is 1.75. The Balaban J connectivity index is 2.47. The second-order valence-electron chi connectivity index (χ2n) is 8.25. The SMILES string of the molecule is CCC(=O)N(C)C[C@@H]1Oc2ncc(C#CC(C)C)cc2C(=O)N([C@H](C)CO)C[C@H]1C. The van der Waals surface area contributed by atoms with E-state index in [0.29, 0.717) is 30.6 Å². The highest BCUT2D eigenvalue weighted by molar-refractivity contribution is 5.97. The predicted molar refractivity (Wildman–Crippen MR) is 115 cm³/mol. The van der Waals surface area contributed by atoms with E-state index in [0.717, 1.165) is 0 Å². The molecule has 1 aromatic heterocycles. The zero-order valence-corrected chi connectivity index (χ0v) is 18.8. The largest absolute Gasteiger partial charge is 0.472 e. The molecule has 2 amide bonds. The molecule has 0 radical (unpaired) electrons. The van der Waals surface area contributed by atoms with Crippen LogP contribution >= 0.6 is 0 Å². The first-order valence-electron chi connectivity index (χ1n) is 10.5. The molecule has 0 saturated carbocycles. The van der Waals surface area contributed by atoms with Crippen molar-refractivity contribution in [1.29, 1.82) is 0 Å². The Morgan fingerprint density at radius 3 is 2.73 bits per heavy atom. The van der Waals surface area contributed by atoms with E-state index in [4.69, 9.17) is 4.74 Å². The molecule has 0 saturated heterocycles. The Kier molecular flexibility index (Phi) is 8.24. The third-order valence-electron chi connectivity index (χ3n) is 5.21. The first-order valence-corrected chi connectivity index (χ1v) is 10.5. The van der Waals surface area contributed by atoms with Gasteiger partial charge in [-0.05, 0) is 13.0 Å². The van der Waals surface area contributed by atoms with Crippen molar-refractivity contribution in [3.8, 4) is 17.7 Å². The van der Waals surface area contributed by atoms with E-state index in [1.54, 1.807) is 29.1 Å². The van der Waals surface area contributed by atoms with Crippen LogP contribution in [0, 0.1) is 23.7 Å². The number of aromatic nitrogens is 1. The van der Waals surface area contributed by atoms with Crippen LogP contribution in [0.5, 0.6) is 5.88 Å². The molecule has 0 bridgehead atoms. The van der Waals surface area contributed by atoms with Gasteiger partial charge in [-0.15, -0.1) is 0 Å². The van der Waals surface area contributed by atoms with E-state index in [-0.39, 0.29) is 48.3 Å². The van der Waals surface area contributed by atoms with Gasteiger partial charge in [-0.25, -0.2) is 4.98 Å². The third kappa shape index (κ3) is 5.73. The van der Waals surface area contributed by atoms with E-state index in [2.05, 4.69) is 16.8 Å². The molecule has 1 aliphatic heterocycles. The maximum absolute atomic E-state index is 13.3. The number of pyridine rings is 1. The minimum Gasteiger partial charge on any atom is -0.472 e. The van der Waals surface area contributed by atoms with Crippen LogP contribution in [0.3, 0.4) is 0 Å². The lowest BCUT2D eigenvalue weighted by molar-refractivity contribution is -0.131. The molecule has 1 N–H and O–H groups in total. The third-order valence-corrected chi connectivity index (χ3v) is 5.21. The fourth-order valence-electron chi connectivity index (χ4n) is 3.26. The summed E-state index contributed by atoms with van der Waals surface area (Å²) in [4.78, 5) is 33.1. The average Bonchev–Trinajstić information content (AvgIpc) is 2.73. The number of rotatable bonds is 5. The van der Waals surface area contributed by atoms with Crippen molar-refractivity contribution < 1.29 is 19.4 Å². The van der Waals surface area contributed by atoms with Gasteiger partial charge in [-0.2, -0.15) is 0 Å². The lowest BCUT2D eigenvalue weighted by Gasteiger charge is -2.37. The van der Waals surface area contributed by atoms with E-state index in [1.807, 2.05) is 34.6 Å². The monoisotopic (exact) mass is 415 g/mol. The Bertz CT molecular complexity index is 827. The standard InChI is InChI=1S/C23H33N3O4/c1-7-21(28)25(6)13-20-16(4)12-26(17(5)14-27)23(29)19-10-18(9-8-15(2)3)11-24-22(19)30-20/h10-11,15-17,20,27H,7,12-14H2,1-6H3/t16-,17-,20+/m1/s1. The first-order chi connectivity index (χ1) is 14.2. The summed E-state index contributed by atoms with van der Waals surface area (Å²) in [6.45, 7) is 10.2. The van der Waals surface area contributed by atoms with Crippen LogP contribution in [0.25, 0.3) is 0 Å². The Labute approximate surface area is 179 Å². The van der Waals surface area contributed by atoms with Crippen molar-refractivity contribution in [2.45, 2.75) is 53.2 Å². The molecule has 2 heterocycles. The lowest BCUT2D eigenvalue weighted by Crippen LogP contribution is -2.50. The van der Waals surface area contributed by atoms with Crippen molar-refractivity contribution >= 4 is 11.8 Å². The smallest absolute Gasteiger partial charge is 0.259 e. The van der Waals surface area contributed by atoms with Crippen LogP contribution in [-0.4, -0.2) is 70.6 Å². The van der Waals surface area contributed by atoms with Crippen molar-refractivity contribution in [2.75, 3.05) is 26.7 Å². The summed E-state index contributed by atoms with van der Waals surface area (Å²) in [6, 6.07) is 1.34. The van der Waals surface area contributed by atoms with Gasteiger partial charge in [0.15, 0.2) is 0 Å². The zero-order valence-electron chi connectivity index (χ0n) is 18.8. The molecule has 0 aliphatic carbocycles. The van der Waals surface area contributed by atoms with Gasteiger partial charge in [-0.1, -0.05) is 39.5 Å². The molecule has 0 spiro atoms. The molecule has 2 rings (SSSR count). The van der Waals surface area contributed by atoms with Crippen molar-refractivity contribution in [3.05, 3.63) is 23.4 Å². The number of nitrogens with zero attached hydrogens (tertiary/aromatic N) is 3. The van der Waals surface area contributed by atoms with Crippen molar-refractivity contribution in [2.24, 2.45) is 11.8 Å². The van der Waals surface area contributed by atoms with Crippen LogP contribution in [0.2, 0.25) is 0 Å². The summed E-state index contributed by atoms with van der Waals surface area (Å²) < 4.78 is 6.16. The van der Waals surface area contributed by atoms with Crippen molar-refractivity contribution in [1.82, 2.24) is 14.8 Å². The molecule has 1 aromatic rings. The minimum absolute atomic E-state index is 0.0250. The van der Waals surface area contributed by atoms with Gasteiger partial charge in [0.05, 0.1) is 19.2 Å². The molecule has 164 valence electrons. The summed E-state index contributed by atoms with van der Waals surface area (Å²) in [5.41, 5.74) is 0.965. The van der Waals surface area contributed by atoms with Crippen LogP contribution in [0.1, 0.15) is 57.0 Å². The number of amides is 2. The Hall–Kier alpha value is -2.59. The maximum Gasteiger partial charge on any atom is 0.259 e. The number of aliphatic hydroxyl groups is 1. The van der Waals surface area contributed by atoms with Gasteiger partial charge in [0.2, 0.25) is 11.8 Å². The number of hydrogen-bond donors (Lipinski definition) is 1. The van der Waals surface area contributed by atoms with E-state index in [1.165, 1.54) is 0 Å². The van der Waals surface area contributed by atoms with Gasteiger partial charge in [-0.3, -0.25) is 9.59 Å².